The van der Waals surface area contributed by atoms with Gasteiger partial charge >= 0.3 is 11.9 Å². The second-order valence-electron chi connectivity index (χ2n) is 16.8. The summed E-state index contributed by atoms with van der Waals surface area (Å²) in [5.41, 5.74) is 12.2. The molecule has 0 aliphatic carbocycles. The zero-order valence-electron chi connectivity index (χ0n) is 39.9. The van der Waals surface area contributed by atoms with Crippen LogP contribution in [-0.4, -0.2) is 137 Å². The van der Waals surface area contributed by atoms with Gasteiger partial charge in [0.2, 0.25) is 35.4 Å². The van der Waals surface area contributed by atoms with Gasteiger partial charge in [-0.3, -0.25) is 38.6 Å². The molecule has 1 aromatic carbocycles. The number of carboxylic acid groups (broad SMARTS) is 2. The number of aliphatic imine (C=N–C) groups is 1. The number of rotatable bonds is 13. The Hall–Kier alpha value is -7.10. The maximum Gasteiger partial charge on any atom is 0.327 e. The number of benzene rings is 1. The lowest BCUT2D eigenvalue weighted by Gasteiger charge is -2.27. The van der Waals surface area contributed by atoms with E-state index in [0.29, 0.717) is 6.42 Å². The number of amides is 7. The molecule has 0 spiro atoms. The fourth-order valence-electron chi connectivity index (χ4n) is 6.89. The summed E-state index contributed by atoms with van der Waals surface area (Å²) in [4.78, 5) is 124. The van der Waals surface area contributed by atoms with Crippen molar-refractivity contribution in [3.63, 3.8) is 0 Å². The Labute approximate surface area is 396 Å². The van der Waals surface area contributed by atoms with E-state index in [9.17, 15) is 53.4 Å². The minimum Gasteiger partial charge on any atom is -0.480 e. The van der Waals surface area contributed by atoms with Crippen LogP contribution in [0.3, 0.4) is 0 Å². The first kappa shape index (κ1) is 57.0. The van der Waals surface area contributed by atoms with Crippen molar-refractivity contribution in [3.8, 4) is 0 Å². The molecule has 0 bridgehead atoms. The number of nitrogens with one attached hydrogen (secondary N) is 6. The number of ether oxygens (including phenoxy) is 1. The standard InChI is InChI=1S/C46H68N10O12/c1-24(22-25(2)35(68-9)23-31-14-11-10-12-15-31)17-18-32-26(3)38(58)54-34(44(64)65)19-20-36(57)56(8)30(7)42(62)51-29(6)41(61)53-33(16-13-21-49-46(47)48)43(63)55-37(45(66)67)27(4)39(59)50-28(5)40(60)52-32/h10-12,14-15,17-18,22,25-29,32-35,37H,7,13,16,19-21,23H2,1-6,8-9H3,(H,50,59)(H,51,62)(H,52,60)(H,53,61)(H,54,58)(H,55,63)(H,64,65)(H,66,67)(H4,47,48,49)/b18-17+,24-22+/t25-,26?,27-,28-,29+,32?,33-,34+,35-,37?/m0/s1. The lowest BCUT2D eigenvalue weighted by molar-refractivity contribution is -0.146. The third-order valence-electron chi connectivity index (χ3n) is 11.4. The van der Waals surface area contributed by atoms with Crippen molar-refractivity contribution in [1.29, 1.82) is 0 Å². The highest BCUT2D eigenvalue weighted by Gasteiger charge is 2.36. The molecule has 10 atom stereocenters. The summed E-state index contributed by atoms with van der Waals surface area (Å²) >= 11 is 0. The summed E-state index contributed by atoms with van der Waals surface area (Å²) in [7, 11) is 2.81. The van der Waals surface area contributed by atoms with Crippen LogP contribution < -0.4 is 43.4 Å². The molecule has 1 aromatic rings. The van der Waals surface area contributed by atoms with Gasteiger partial charge < -0.3 is 63.2 Å². The summed E-state index contributed by atoms with van der Waals surface area (Å²) in [5, 5.41) is 34.9. The molecule has 3 unspecified atom stereocenters. The predicted molar refractivity (Wildman–Crippen MR) is 251 cm³/mol. The number of guanidine groups is 1. The van der Waals surface area contributed by atoms with E-state index in [2.05, 4.69) is 43.5 Å². The van der Waals surface area contributed by atoms with Crippen LogP contribution in [0, 0.1) is 17.8 Å². The van der Waals surface area contributed by atoms with Crippen LogP contribution in [0.2, 0.25) is 0 Å². The monoisotopic (exact) mass is 953 g/mol. The van der Waals surface area contributed by atoms with Gasteiger partial charge in [0.1, 0.15) is 35.9 Å². The van der Waals surface area contributed by atoms with Gasteiger partial charge in [-0.2, -0.15) is 0 Å². The molecule has 1 saturated heterocycles. The molecule has 1 aliphatic rings. The number of allylic oxidation sites excluding steroid dienone is 2. The number of hydrogen-bond donors (Lipinski definition) is 10. The average Bonchev–Trinajstić information content (AvgIpc) is 3.28. The van der Waals surface area contributed by atoms with Crippen LogP contribution in [-0.2, 0) is 54.3 Å². The first-order valence-corrected chi connectivity index (χ1v) is 22.1. The SMILES string of the molecule is C=C1C(=O)N[C@H](C)C(=O)N[C@@H](CCCN=C(N)N)C(=O)NC(C(=O)O)[C@H](C)C(=O)N[C@@H](C)C(=O)NC(/C=C/C(C)=C/[C@H](C)[C@H](Cc2ccccc2)OC)C(C)C(=O)N[C@@H](C(=O)O)CCC(=O)N1C. The third-order valence-corrected chi connectivity index (χ3v) is 11.4. The number of nitrogens with zero attached hydrogens (tertiary/aromatic N) is 2. The van der Waals surface area contributed by atoms with Crippen molar-refractivity contribution in [1.82, 2.24) is 36.8 Å². The first-order valence-electron chi connectivity index (χ1n) is 22.1. The molecule has 1 heterocycles. The lowest BCUT2D eigenvalue weighted by Crippen LogP contribution is -2.58. The number of methoxy groups -OCH3 is 1. The Morgan fingerprint density at radius 2 is 1.46 bits per heavy atom. The number of nitrogens with two attached hydrogens (primary N) is 2. The zero-order chi connectivity index (χ0) is 51.4. The summed E-state index contributed by atoms with van der Waals surface area (Å²) in [6, 6.07) is 0.986. The van der Waals surface area contributed by atoms with E-state index in [1.807, 2.05) is 43.3 Å². The maximum atomic E-state index is 13.8. The molecule has 0 saturated carbocycles. The Balaban J connectivity index is 2.59. The van der Waals surface area contributed by atoms with E-state index in [0.717, 1.165) is 16.0 Å². The Kier molecular flexibility index (Phi) is 23.1. The summed E-state index contributed by atoms with van der Waals surface area (Å²) in [6.45, 7) is 12.6. The van der Waals surface area contributed by atoms with Crippen molar-refractivity contribution in [2.75, 3.05) is 20.7 Å². The molecule has 7 amide bonds. The largest absolute Gasteiger partial charge is 0.480 e. The van der Waals surface area contributed by atoms with Crippen LogP contribution in [0.4, 0.5) is 0 Å². The van der Waals surface area contributed by atoms with Gasteiger partial charge in [0, 0.05) is 33.0 Å². The van der Waals surface area contributed by atoms with Gasteiger partial charge in [-0.25, -0.2) is 9.59 Å². The van der Waals surface area contributed by atoms with E-state index in [-0.39, 0.29) is 37.4 Å². The molecule has 22 nitrogen and oxygen atoms in total. The molecule has 0 aromatic heterocycles. The number of hydrogen-bond acceptors (Lipinski definition) is 11. The first-order chi connectivity index (χ1) is 31.9. The highest BCUT2D eigenvalue weighted by molar-refractivity contribution is 6.00. The highest BCUT2D eigenvalue weighted by atomic mass is 16.5. The summed E-state index contributed by atoms with van der Waals surface area (Å²) in [5.74, 6) is -12.4. The molecule has 22 heteroatoms. The lowest BCUT2D eigenvalue weighted by atomic mass is 9.94. The van der Waals surface area contributed by atoms with Crippen LogP contribution in [0.15, 0.2) is 71.4 Å². The number of carbonyl (C=O) groups excluding carboxylic acids is 7. The van der Waals surface area contributed by atoms with Crippen LogP contribution >= 0.6 is 0 Å². The molecular weight excluding hydrogens is 885 g/mol. The fraction of sp³-hybridized carbons (Fsp3) is 0.522. The quantitative estimate of drug-likeness (QED) is 0.0396. The van der Waals surface area contributed by atoms with E-state index < -0.39 is 120 Å². The fourth-order valence-corrected chi connectivity index (χ4v) is 6.89. The third kappa shape index (κ3) is 18.3. The van der Waals surface area contributed by atoms with E-state index >= 15 is 0 Å². The van der Waals surface area contributed by atoms with Gasteiger partial charge in [0.15, 0.2) is 5.96 Å². The molecule has 1 fully saturated rings. The summed E-state index contributed by atoms with van der Waals surface area (Å²) in [6.07, 6.45) is 4.62. The average molecular weight is 953 g/mol. The van der Waals surface area contributed by atoms with Crippen LogP contribution in [0.1, 0.15) is 72.8 Å². The highest BCUT2D eigenvalue weighted by Crippen LogP contribution is 2.18. The molecule has 12 N–H and O–H groups in total. The van der Waals surface area contributed by atoms with Crippen molar-refractivity contribution < 1.29 is 58.1 Å². The Morgan fingerprint density at radius 3 is 2.04 bits per heavy atom. The smallest absolute Gasteiger partial charge is 0.327 e. The number of carboxylic acids is 2. The predicted octanol–water partition coefficient (Wildman–Crippen LogP) is -0.408. The summed E-state index contributed by atoms with van der Waals surface area (Å²) < 4.78 is 5.78. The zero-order valence-corrected chi connectivity index (χ0v) is 39.9. The number of likely N-dealkylation sites (N-methyl/N-ethyl adjacent to an activating group) is 1. The molecular formula is C46H68N10O12. The second kappa shape index (κ2) is 27.5. The Bertz CT molecular complexity index is 2090. The van der Waals surface area contributed by atoms with Gasteiger partial charge in [0.25, 0.3) is 5.91 Å². The van der Waals surface area contributed by atoms with Crippen molar-refractivity contribution in [2.24, 2.45) is 34.2 Å². The molecule has 1 aliphatic heterocycles. The van der Waals surface area contributed by atoms with E-state index in [1.54, 1.807) is 20.1 Å². The van der Waals surface area contributed by atoms with Gasteiger partial charge in [-0.15, -0.1) is 0 Å². The second-order valence-corrected chi connectivity index (χ2v) is 16.8. The normalized spacial score (nSPS) is 25.8. The van der Waals surface area contributed by atoms with Crippen molar-refractivity contribution in [3.05, 3.63) is 72.0 Å². The van der Waals surface area contributed by atoms with Gasteiger partial charge in [-0.1, -0.05) is 81.5 Å². The minimum absolute atomic E-state index is 0.0158. The molecule has 68 heavy (non-hydrogen) atoms. The van der Waals surface area contributed by atoms with Crippen LogP contribution in [0.5, 0.6) is 0 Å². The van der Waals surface area contributed by atoms with E-state index in [4.69, 9.17) is 16.2 Å². The Morgan fingerprint density at radius 1 is 0.853 bits per heavy atom. The topological polar surface area (TPSA) is 343 Å². The van der Waals surface area contributed by atoms with Gasteiger partial charge in [0.05, 0.1) is 24.0 Å². The molecule has 374 valence electrons. The van der Waals surface area contributed by atoms with Crippen molar-refractivity contribution >= 4 is 59.2 Å². The van der Waals surface area contributed by atoms with Gasteiger partial charge in [-0.05, 0) is 52.0 Å². The van der Waals surface area contributed by atoms with Crippen molar-refractivity contribution in [2.45, 2.75) is 116 Å². The number of aliphatic carboxylic acids is 2. The van der Waals surface area contributed by atoms with Crippen LogP contribution in [0.25, 0.3) is 0 Å². The number of carbonyl (C=O) groups is 9. The molecule has 0 radical (unpaired) electrons. The maximum absolute atomic E-state index is 13.8. The van der Waals surface area contributed by atoms with E-state index in [1.165, 1.54) is 40.8 Å². The molecule has 2 rings (SSSR count). The minimum atomic E-state index is -1.89.